The van der Waals surface area contributed by atoms with Crippen LogP contribution in [0.1, 0.15) is 12.5 Å². The van der Waals surface area contributed by atoms with E-state index in [0.717, 1.165) is 22.6 Å². The first kappa shape index (κ1) is 22.5. The summed E-state index contributed by atoms with van der Waals surface area (Å²) in [5, 5.41) is 11.9. The van der Waals surface area contributed by atoms with E-state index in [9.17, 15) is 9.18 Å². The first-order chi connectivity index (χ1) is 16.0. The average Bonchev–Trinajstić information content (AvgIpc) is 3.24. The van der Waals surface area contributed by atoms with Crippen LogP contribution in [0.5, 0.6) is 5.75 Å². The summed E-state index contributed by atoms with van der Waals surface area (Å²) < 4.78 is 21.3. The maximum Gasteiger partial charge on any atom is 0.234 e. The Balaban J connectivity index is 1.61. The molecule has 0 fully saturated rings. The van der Waals surface area contributed by atoms with E-state index >= 15 is 0 Å². The average molecular weight is 463 g/mol. The molecule has 0 radical (unpaired) electrons. The molecule has 4 rings (SSSR count). The fourth-order valence-corrected chi connectivity index (χ4v) is 3.97. The fourth-order valence-electron chi connectivity index (χ4n) is 3.22. The van der Waals surface area contributed by atoms with E-state index in [1.807, 2.05) is 66.9 Å². The van der Waals surface area contributed by atoms with Crippen LogP contribution >= 0.6 is 11.8 Å². The molecule has 0 saturated heterocycles. The van der Waals surface area contributed by atoms with Crippen LogP contribution in [0.3, 0.4) is 0 Å². The molecule has 3 aromatic carbocycles. The van der Waals surface area contributed by atoms with Gasteiger partial charge in [-0.2, -0.15) is 0 Å². The summed E-state index contributed by atoms with van der Waals surface area (Å²) in [5.41, 5.74) is 3.04. The number of thioether (sulfide) groups is 1. The second-order valence-corrected chi connectivity index (χ2v) is 8.19. The Morgan fingerprint density at radius 2 is 1.76 bits per heavy atom. The van der Waals surface area contributed by atoms with E-state index in [2.05, 4.69) is 15.5 Å². The number of anilines is 1. The Bertz CT molecular complexity index is 1240. The van der Waals surface area contributed by atoms with Crippen LogP contribution in [-0.4, -0.2) is 33.0 Å². The molecule has 0 bridgehead atoms. The molecule has 0 atom stereocenters. The number of ether oxygens (including phenoxy) is 1. The highest BCUT2D eigenvalue weighted by Crippen LogP contribution is 2.29. The maximum atomic E-state index is 13.8. The van der Waals surface area contributed by atoms with Gasteiger partial charge in [-0.15, -0.1) is 10.2 Å². The van der Waals surface area contributed by atoms with Gasteiger partial charge in [-0.05, 0) is 50.2 Å². The van der Waals surface area contributed by atoms with Crippen LogP contribution in [0, 0.1) is 12.7 Å². The molecule has 4 aromatic rings. The Kier molecular flexibility index (Phi) is 7.04. The van der Waals surface area contributed by atoms with Crippen molar-refractivity contribution in [2.45, 2.75) is 19.0 Å². The lowest BCUT2D eigenvalue weighted by Crippen LogP contribution is -2.15. The van der Waals surface area contributed by atoms with Crippen molar-refractivity contribution in [3.63, 3.8) is 0 Å². The summed E-state index contributed by atoms with van der Waals surface area (Å²) in [6.45, 7) is 4.54. The minimum Gasteiger partial charge on any atom is -0.494 e. The van der Waals surface area contributed by atoms with Crippen molar-refractivity contribution < 1.29 is 13.9 Å². The van der Waals surface area contributed by atoms with Gasteiger partial charge in [0.05, 0.1) is 18.0 Å². The number of halogens is 1. The van der Waals surface area contributed by atoms with Gasteiger partial charge in [0, 0.05) is 11.3 Å². The number of benzene rings is 3. The van der Waals surface area contributed by atoms with Crippen molar-refractivity contribution in [3.05, 3.63) is 84.2 Å². The normalized spacial score (nSPS) is 10.8. The monoisotopic (exact) mass is 462 g/mol. The lowest BCUT2D eigenvalue weighted by Gasteiger charge is -2.12. The van der Waals surface area contributed by atoms with E-state index in [4.69, 9.17) is 4.74 Å². The number of amides is 1. The largest absolute Gasteiger partial charge is 0.494 e. The number of para-hydroxylation sites is 1. The molecule has 0 spiro atoms. The van der Waals surface area contributed by atoms with Gasteiger partial charge >= 0.3 is 0 Å². The summed E-state index contributed by atoms with van der Waals surface area (Å²) >= 11 is 1.23. The summed E-state index contributed by atoms with van der Waals surface area (Å²) in [6.07, 6.45) is 0. The molecular weight excluding hydrogens is 439 g/mol. The first-order valence-electron chi connectivity index (χ1n) is 10.5. The molecule has 0 aliphatic heterocycles. The maximum absolute atomic E-state index is 13.8. The van der Waals surface area contributed by atoms with Gasteiger partial charge in [-0.1, -0.05) is 53.7 Å². The zero-order valence-electron chi connectivity index (χ0n) is 18.3. The number of nitrogens with one attached hydrogen (secondary N) is 1. The Morgan fingerprint density at radius 3 is 2.45 bits per heavy atom. The number of hydrogen-bond acceptors (Lipinski definition) is 5. The standard InChI is InChI=1S/C25H23FN4O2S/c1-3-32-20-14-12-19(13-15-20)30-24(18-10-8-17(2)9-11-18)28-29-25(30)33-16-23(31)27-22-7-5-4-6-21(22)26/h4-15H,3,16H2,1-2H3,(H,27,31). The molecule has 1 amide bonds. The van der Waals surface area contributed by atoms with E-state index in [1.54, 1.807) is 12.1 Å². The molecular formula is C25H23FN4O2S. The van der Waals surface area contributed by atoms with Gasteiger partial charge < -0.3 is 10.1 Å². The number of aryl methyl sites for hydroxylation is 1. The zero-order valence-corrected chi connectivity index (χ0v) is 19.1. The molecule has 0 saturated carbocycles. The van der Waals surface area contributed by atoms with Crippen molar-refractivity contribution in [1.29, 1.82) is 0 Å². The van der Waals surface area contributed by atoms with Gasteiger partial charge in [0.1, 0.15) is 11.6 Å². The molecule has 0 aliphatic rings. The highest BCUT2D eigenvalue weighted by molar-refractivity contribution is 7.99. The molecule has 0 aliphatic carbocycles. The van der Waals surface area contributed by atoms with Crippen molar-refractivity contribution >= 4 is 23.4 Å². The quantitative estimate of drug-likeness (QED) is 0.350. The van der Waals surface area contributed by atoms with Gasteiger partial charge in [-0.25, -0.2) is 4.39 Å². The van der Waals surface area contributed by atoms with Crippen LogP contribution in [0.2, 0.25) is 0 Å². The fraction of sp³-hybridized carbons (Fsp3) is 0.160. The van der Waals surface area contributed by atoms with Crippen LogP contribution in [0.25, 0.3) is 17.1 Å². The minimum atomic E-state index is -0.477. The number of carbonyl (C=O) groups is 1. The SMILES string of the molecule is CCOc1ccc(-n2c(SCC(=O)Nc3ccccc3F)nnc2-c2ccc(C)cc2)cc1. The lowest BCUT2D eigenvalue weighted by molar-refractivity contribution is -0.113. The van der Waals surface area contributed by atoms with Crippen LogP contribution in [0.15, 0.2) is 78.0 Å². The van der Waals surface area contributed by atoms with Gasteiger partial charge in [0.2, 0.25) is 5.91 Å². The lowest BCUT2D eigenvalue weighted by atomic mass is 10.1. The summed E-state index contributed by atoms with van der Waals surface area (Å²) in [6, 6.07) is 21.7. The molecule has 168 valence electrons. The zero-order chi connectivity index (χ0) is 23.2. The number of aromatic nitrogens is 3. The number of nitrogens with zero attached hydrogens (tertiary/aromatic N) is 3. The topological polar surface area (TPSA) is 69.0 Å². The second kappa shape index (κ2) is 10.3. The summed E-state index contributed by atoms with van der Waals surface area (Å²) in [7, 11) is 0. The van der Waals surface area contributed by atoms with E-state index in [-0.39, 0.29) is 17.3 Å². The Labute approximate surface area is 195 Å². The molecule has 8 heteroatoms. The number of carbonyl (C=O) groups excluding carboxylic acids is 1. The first-order valence-corrected chi connectivity index (χ1v) is 11.5. The summed E-state index contributed by atoms with van der Waals surface area (Å²) in [4.78, 5) is 12.4. The van der Waals surface area contributed by atoms with Crippen molar-refractivity contribution in [2.75, 3.05) is 17.7 Å². The molecule has 6 nitrogen and oxygen atoms in total. The van der Waals surface area contributed by atoms with E-state index in [0.29, 0.717) is 17.6 Å². The van der Waals surface area contributed by atoms with Gasteiger partial charge in [0.15, 0.2) is 11.0 Å². The Hall–Kier alpha value is -3.65. The number of rotatable bonds is 8. The smallest absolute Gasteiger partial charge is 0.234 e. The molecule has 0 unspecified atom stereocenters. The van der Waals surface area contributed by atoms with Gasteiger partial charge in [0.25, 0.3) is 0 Å². The predicted octanol–water partition coefficient (Wildman–Crippen LogP) is 5.51. The third kappa shape index (κ3) is 5.40. The van der Waals surface area contributed by atoms with Crippen molar-refractivity contribution in [3.8, 4) is 22.8 Å². The number of hydrogen-bond donors (Lipinski definition) is 1. The van der Waals surface area contributed by atoms with Crippen LogP contribution in [-0.2, 0) is 4.79 Å². The Morgan fingerprint density at radius 1 is 1.03 bits per heavy atom. The minimum absolute atomic E-state index is 0.0530. The molecule has 1 N–H and O–H groups in total. The third-order valence-electron chi connectivity index (χ3n) is 4.83. The van der Waals surface area contributed by atoms with E-state index in [1.165, 1.54) is 23.9 Å². The van der Waals surface area contributed by atoms with E-state index < -0.39 is 5.82 Å². The molecule has 1 heterocycles. The highest BCUT2D eigenvalue weighted by Gasteiger charge is 2.18. The predicted molar refractivity (Wildman–Crippen MR) is 128 cm³/mol. The third-order valence-corrected chi connectivity index (χ3v) is 5.76. The van der Waals surface area contributed by atoms with Crippen molar-refractivity contribution in [1.82, 2.24) is 14.8 Å². The summed E-state index contributed by atoms with van der Waals surface area (Å²) in [5.74, 6) is 0.677. The highest BCUT2D eigenvalue weighted by atomic mass is 32.2. The second-order valence-electron chi connectivity index (χ2n) is 7.25. The molecule has 33 heavy (non-hydrogen) atoms. The van der Waals surface area contributed by atoms with Gasteiger partial charge in [-0.3, -0.25) is 9.36 Å². The van der Waals surface area contributed by atoms with Crippen LogP contribution in [0.4, 0.5) is 10.1 Å². The molecule has 1 aromatic heterocycles. The van der Waals surface area contributed by atoms with Crippen LogP contribution < -0.4 is 10.1 Å². The van der Waals surface area contributed by atoms with Crippen molar-refractivity contribution in [2.24, 2.45) is 0 Å².